The van der Waals surface area contributed by atoms with Crippen molar-refractivity contribution in [3.63, 3.8) is 0 Å². The Morgan fingerprint density at radius 3 is 2.50 bits per heavy atom. The summed E-state index contributed by atoms with van der Waals surface area (Å²) in [5, 5.41) is 9.85. The fraction of sp³-hybridized carbons (Fsp3) is 0.500. The minimum absolute atomic E-state index is 0.232. The van der Waals surface area contributed by atoms with Crippen molar-refractivity contribution in [1.82, 2.24) is 4.98 Å². The molecule has 0 radical (unpaired) electrons. The summed E-state index contributed by atoms with van der Waals surface area (Å²) in [6.45, 7) is 3.96. The van der Waals surface area contributed by atoms with E-state index in [1.54, 1.807) is 12.3 Å². The Labute approximate surface area is 92.5 Å². The van der Waals surface area contributed by atoms with Crippen LogP contribution in [0.4, 0.5) is 0 Å². The average Bonchev–Trinajstić information content (AvgIpc) is 2.16. The molecule has 1 aromatic rings. The normalized spacial score (nSPS) is 15.6. The van der Waals surface area contributed by atoms with Gasteiger partial charge in [0, 0.05) is 16.7 Å². The number of aliphatic hydroxyl groups is 1. The zero-order chi connectivity index (χ0) is 10.7. The SMILES string of the molecule is CC(C)C(N)C(O)c1ccc(Br)cn1. The summed E-state index contributed by atoms with van der Waals surface area (Å²) in [5.74, 6) is 0.232. The average molecular weight is 259 g/mol. The Morgan fingerprint density at radius 2 is 2.07 bits per heavy atom. The summed E-state index contributed by atoms with van der Waals surface area (Å²) in [6, 6.07) is 3.35. The molecule has 0 aliphatic heterocycles. The molecule has 0 aromatic carbocycles. The van der Waals surface area contributed by atoms with Crippen LogP contribution in [0.5, 0.6) is 0 Å². The molecule has 2 atom stereocenters. The topological polar surface area (TPSA) is 59.1 Å². The summed E-state index contributed by atoms with van der Waals surface area (Å²) in [6.07, 6.45) is 0.967. The highest BCUT2D eigenvalue weighted by Crippen LogP contribution is 2.19. The van der Waals surface area contributed by atoms with E-state index >= 15 is 0 Å². The molecule has 3 N–H and O–H groups in total. The highest BCUT2D eigenvalue weighted by molar-refractivity contribution is 9.10. The highest BCUT2D eigenvalue weighted by Gasteiger charge is 2.20. The van der Waals surface area contributed by atoms with Crippen LogP contribution in [0.1, 0.15) is 25.6 Å². The van der Waals surface area contributed by atoms with Crippen molar-refractivity contribution in [2.24, 2.45) is 11.7 Å². The predicted molar refractivity (Wildman–Crippen MR) is 59.7 cm³/mol. The van der Waals surface area contributed by atoms with Crippen molar-refractivity contribution in [3.05, 3.63) is 28.5 Å². The third kappa shape index (κ3) is 2.77. The number of pyridine rings is 1. The summed E-state index contributed by atoms with van der Waals surface area (Å²) >= 11 is 3.29. The van der Waals surface area contributed by atoms with Gasteiger partial charge in [0.2, 0.25) is 0 Å². The van der Waals surface area contributed by atoms with E-state index in [1.807, 2.05) is 19.9 Å². The fourth-order valence-electron chi connectivity index (χ4n) is 1.12. The van der Waals surface area contributed by atoms with Gasteiger partial charge in [0.15, 0.2) is 0 Å². The minimum Gasteiger partial charge on any atom is -0.385 e. The molecule has 3 nitrogen and oxygen atoms in total. The van der Waals surface area contributed by atoms with Gasteiger partial charge in [-0.1, -0.05) is 13.8 Å². The van der Waals surface area contributed by atoms with Gasteiger partial charge >= 0.3 is 0 Å². The van der Waals surface area contributed by atoms with Gasteiger partial charge in [-0.05, 0) is 34.0 Å². The number of hydrogen-bond donors (Lipinski definition) is 2. The van der Waals surface area contributed by atoms with E-state index in [0.29, 0.717) is 5.69 Å². The Morgan fingerprint density at radius 1 is 1.43 bits per heavy atom. The third-order valence-corrected chi connectivity index (χ3v) is 2.66. The van der Waals surface area contributed by atoms with Crippen LogP contribution in [0.2, 0.25) is 0 Å². The molecule has 4 heteroatoms. The second kappa shape index (κ2) is 4.87. The van der Waals surface area contributed by atoms with E-state index < -0.39 is 6.10 Å². The molecule has 0 saturated carbocycles. The van der Waals surface area contributed by atoms with Crippen LogP contribution in [0, 0.1) is 5.92 Å². The van der Waals surface area contributed by atoms with Crippen molar-refractivity contribution in [3.8, 4) is 0 Å². The maximum atomic E-state index is 9.85. The number of rotatable bonds is 3. The van der Waals surface area contributed by atoms with Gasteiger partial charge in [-0.15, -0.1) is 0 Å². The first-order valence-electron chi connectivity index (χ1n) is 4.57. The van der Waals surface area contributed by atoms with Gasteiger partial charge in [0.1, 0.15) is 6.10 Å². The first kappa shape index (κ1) is 11.6. The predicted octanol–water partition coefficient (Wildman–Crippen LogP) is 1.86. The molecule has 0 fully saturated rings. The molecule has 0 bridgehead atoms. The van der Waals surface area contributed by atoms with Crippen LogP contribution < -0.4 is 5.73 Å². The molecule has 14 heavy (non-hydrogen) atoms. The van der Waals surface area contributed by atoms with Crippen molar-refractivity contribution in [2.45, 2.75) is 26.0 Å². The van der Waals surface area contributed by atoms with E-state index in [1.165, 1.54) is 0 Å². The zero-order valence-corrected chi connectivity index (χ0v) is 9.90. The lowest BCUT2D eigenvalue weighted by molar-refractivity contribution is 0.121. The number of nitrogens with zero attached hydrogens (tertiary/aromatic N) is 1. The fourth-order valence-corrected chi connectivity index (χ4v) is 1.36. The van der Waals surface area contributed by atoms with Gasteiger partial charge in [-0.3, -0.25) is 4.98 Å². The maximum absolute atomic E-state index is 9.85. The first-order valence-corrected chi connectivity index (χ1v) is 5.36. The molecule has 78 valence electrons. The molecule has 0 saturated heterocycles. The Hall–Kier alpha value is -0.450. The van der Waals surface area contributed by atoms with Gasteiger partial charge in [-0.25, -0.2) is 0 Å². The first-order chi connectivity index (χ1) is 6.52. The molecule has 0 aliphatic rings. The Kier molecular flexibility index (Phi) is 4.04. The van der Waals surface area contributed by atoms with Crippen LogP contribution in [-0.2, 0) is 0 Å². The molecule has 2 unspecified atom stereocenters. The van der Waals surface area contributed by atoms with Crippen LogP contribution >= 0.6 is 15.9 Å². The van der Waals surface area contributed by atoms with Crippen LogP contribution in [0.25, 0.3) is 0 Å². The number of hydrogen-bond acceptors (Lipinski definition) is 3. The zero-order valence-electron chi connectivity index (χ0n) is 8.31. The van der Waals surface area contributed by atoms with E-state index in [2.05, 4.69) is 20.9 Å². The standard InChI is InChI=1S/C10H15BrN2O/c1-6(2)9(12)10(14)8-4-3-7(11)5-13-8/h3-6,9-10,14H,12H2,1-2H3. The quantitative estimate of drug-likeness (QED) is 0.871. The number of aromatic nitrogens is 1. The van der Waals surface area contributed by atoms with Crippen molar-refractivity contribution in [1.29, 1.82) is 0 Å². The smallest absolute Gasteiger partial charge is 0.111 e. The van der Waals surface area contributed by atoms with E-state index in [9.17, 15) is 5.11 Å². The molecular formula is C10H15BrN2O. The number of halogens is 1. The number of nitrogens with two attached hydrogens (primary N) is 1. The van der Waals surface area contributed by atoms with E-state index in [0.717, 1.165) is 4.47 Å². The summed E-state index contributed by atoms with van der Waals surface area (Å²) in [7, 11) is 0. The van der Waals surface area contributed by atoms with E-state index in [4.69, 9.17) is 5.73 Å². The second-order valence-electron chi connectivity index (χ2n) is 3.67. The molecule has 0 amide bonds. The Balaban J connectivity index is 2.78. The van der Waals surface area contributed by atoms with Crippen LogP contribution in [0.15, 0.2) is 22.8 Å². The monoisotopic (exact) mass is 258 g/mol. The second-order valence-corrected chi connectivity index (χ2v) is 4.58. The summed E-state index contributed by atoms with van der Waals surface area (Å²) in [4.78, 5) is 4.10. The summed E-state index contributed by atoms with van der Waals surface area (Å²) < 4.78 is 0.895. The molecule has 0 spiro atoms. The van der Waals surface area contributed by atoms with Gasteiger partial charge in [0.25, 0.3) is 0 Å². The largest absolute Gasteiger partial charge is 0.385 e. The summed E-state index contributed by atoms with van der Waals surface area (Å²) in [5.41, 5.74) is 6.45. The molecule has 1 rings (SSSR count). The van der Waals surface area contributed by atoms with Gasteiger partial charge in [0.05, 0.1) is 5.69 Å². The molecular weight excluding hydrogens is 244 g/mol. The minimum atomic E-state index is -0.692. The van der Waals surface area contributed by atoms with Crippen LogP contribution in [-0.4, -0.2) is 16.1 Å². The molecule has 1 heterocycles. The highest BCUT2D eigenvalue weighted by atomic mass is 79.9. The van der Waals surface area contributed by atoms with Crippen LogP contribution in [0.3, 0.4) is 0 Å². The van der Waals surface area contributed by atoms with Crippen molar-refractivity contribution in [2.75, 3.05) is 0 Å². The number of aliphatic hydroxyl groups excluding tert-OH is 1. The lowest BCUT2D eigenvalue weighted by atomic mass is 9.97. The Bertz CT molecular complexity index is 287. The van der Waals surface area contributed by atoms with Crippen molar-refractivity contribution < 1.29 is 5.11 Å². The molecule has 0 aliphatic carbocycles. The molecule has 1 aromatic heterocycles. The lowest BCUT2D eigenvalue weighted by Crippen LogP contribution is -2.33. The third-order valence-electron chi connectivity index (χ3n) is 2.19. The lowest BCUT2D eigenvalue weighted by Gasteiger charge is -2.21. The van der Waals surface area contributed by atoms with Crippen molar-refractivity contribution >= 4 is 15.9 Å². The van der Waals surface area contributed by atoms with E-state index in [-0.39, 0.29) is 12.0 Å². The van der Waals surface area contributed by atoms with Gasteiger partial charge in [-0.2, -0.15) is 0 Å². The maximum Gasteiger partial charge on any atom is 0.111 e. The van der Waals surface area contributed by atoms with Gasteiger partial charge < -0.3 is 10.8 Å².